The highest BCUT2D eigenvalue weighted by Crippen LogP contribution is 2.29. The van der Waals surface area contributed by atoms with Gasteiger partial charge < -0.3 is 19.5 Å². The van der Waals surface area contributed by atoms with Crippen LogP contribution in [0.25, 0.3) is 10.2 Å². The molecule has 3 aromatic rings. The number of fused-ring (bicyclic) bond motifs is 1. The number of thiophene rings is 1. The quantitative estimate of drug-likeness (QED) is 0.654. The summed E-state index contributed by atoms with van der Waals surface area (Å²) in [5, 5.41) is 2.89. The summed E-state index contributed by atoms with van der Waals surface area (Å²) in [5.74, 6) is -0.610. The second-order valence-electron chi connectivity index (χ2n) is 6.43. The molecule has 0 saturated heterocycles. The largest absolute Gasteiger partial charge is 0.461 e. The topological polar surface area (TPSA) is 63.6 Å². The van der Waals surface area contributed by atoms with Crippen LogP contribution in [0, 0.1) is 6.92 Å². The molecule has 142 valence electrons. The number of hydrogen-bond donors (Lipinski definition) is 1. The van der Waals surface area contributed by atoms with Gasteiger partial charge in [0.25, 0.3) is 0 Å². The number of amides is 1. The molecule has 0 atom stereocenters. The van der Waals surface area contributed by atoms with Crippen LogP contribution >= 0.6 is 11.3 Å². The van der Waals surface area contributed by atoms with Crippen molar-refractivity contribution < 1.29 is 14.3 Å². The molecule has 0 aliphatic rings. The smallest absolute Gasteiger partial charge is 0.355 e. The van der Waals surface area contributed by atoms with E-state index < -0.39 is 5.97 Å². The molecule has 2 heterocycles. The maximum Gasteiger partial charge on any atom is 0.355 e. The van der Waals surface area contributed by atoms with Crippen molar-refractivity contribution >= 4 is 44.8 Å². The maximum absolute atomic E-state index is 12.6. The average molecular weight is 385 g/mol. The molecule has 0 fully saturated rings. The normalized spacial score (nSPS) is 10.8. The minimum Gasteiger partial charge on any atom is -0.461 e. The summed E-state index contributed by atoms with van der Waals surface area (Å²) in [7, 11) is 3.93. The van der Waals surface area contributed by atoms with Crippen molar-refractivity contribution in [2.24, 2.45) is 0 Å². The van der Waals surface area contributed by atoms with Gasteiger partial charge in [0.2, 0.25) is 5.91 Å². The molecular formula is C20H23N3O3S. The molecule has 1 aromatic carbocycles. The Labute approximate surface area is 162 Å². The first-order valence-corrected chi connectivity index (χ1v) is 9.54. The number of rotatable bonds is 6. The number of ether oxygens (including phenoxy) is 1. The standard InChI is InChI=1S/C20H23N3O3S/c1-5-26-20(25)17-11-18-16(10-13(2)27-18)23(17)12-19(24)21-14-6-8-15(9-7-14)22(3)4/h6-11H,5,12H2,1-4H3,(H,21,24). The van der Waals surface area contributed by atoms with E-state index in [-0.39, 0.29) is 12.5 Å². The Hall–Kier alpha value is -2.80. The first-order valence-electron chi connectivity index (χ1n) is 8.73. The summed E-state index contributed by atoms with van der Waals surface area (Å²) in [6.07, 6.45) is 0. The zero-order valence-electron chi connectivity index (χ0n) is 15.9. The lowest BCUT2D eigenvalue weighted by molar-refractivity contribution is -0.116. The molecular weight excluding hydrogens is 362 g/mol. The van der Waals surface area contributed by atoms with Gasteiger partial charge in [-0.05, 0) is 50.2 Å². The van der Waals surface area contributed by atoms with Gasteiger partial charge in [-0.1, -0.05) is 0 Å². The molecule has 0 aliphatic heterocycles. The van der Waals surface area contributed by atoms with Crippen LogP contribution in [0.15, 0.2) is 36.4 Å². The number of anilines is 2. The van der Waals surface area contributed by atoms with Gasteiger partial charge in [-0.2, -0.15) is 0 Å². The third-order valence-electron chi connectivity index (χ3n) is 4.17. The van der Waals surface area contributed by atoms with Gasteiger partial charge in [0.05, 0.1) is 16.8 Å². The number of esters is 1. The van der Waals surface area contributed by atoms with Gasteiger partial charge in [0.1, 0.15) is 12.2 Å². The van der Waals surface area contributed by atoms with E-state index in [0.29, 0.717) is 18.0 Å². The number of benzene rings is 1. The van der Waals surface area contributed by atoms with Crippen LogP contribution in [0.2, 0.25) is 0 Å². The molecule has 1 amide bonds. The second kappa shape index (κ2) is 7.84. The Balaban J connectivity index is 1.82. The minimum absolute atomic E-state index is 0.0449. The summed E-state index contributed by atoms with van der Waals surface area (Å²) < 4.78 is 7.84. The van der Waals surface area contributed by atoms with Crippen molar-refractivity contribution in [1.82, 2.24) is 4.57 Å². The van der Waals surface area contributed by atoms with Gasteiger partial charge in [-0.15, -0.1) is 11.3 Å². The molecule has 0 radical (unpaired) electrons. The lowest BCUT2D eigenvalue weighted by Gasteiger charge is -2.13. The SMILES string of the molecule is CCOC(=O)c1cc2sc(C)cc2n1CC(=O)Nc1ccc(N(C)C)cc1. The van der Waals surface area contributed by atoms with Crippen molar-refractivity contribution in [2.45, 2.75) is 20.4 Å². The number of aromatic nitrogens is 1. The lowest BCUT2D eigenvalue weighted by Crippen LogP contribution is -2.22. The highest BCUT2D eigenvalue weighted by molar-refractivity contribution is 7.19. The summed E-state index contributed by atoms with van der Waals surface area (Å²) in [5.41, 5.74) is 3.04. The maximum atomic E-state index is 12.6. The third kappa shape index (κ3) is 4.14. The van der Waals surface area contributed by atoms with E-state index in [0.717, 1.165) is 20.8 Å². The van der Waals surface area contributed by atoms with E-state index in [4.69, 9.17) is 4.74 Å². The van der Waals surface area contributed by atoms with Gasteiger partial charge in [0, 0.05) is 30.3 Å². The summed E-state index contributed by atoms with van der Waals surface area (Å²) >= 11 is 1.59. The lowest BCUT2D eigenvalue weighted by atomic mass is 10.2. The van der Waals surface area contributed by atoms with Gasteiger partial charge in [-0.25, -0.2) is 4.79 Å². The summed E-state index contributed by atoms with van der Waals surface area (Å²) in [6, 6.07) is 11.4. The minimum atomic E-state index is -0.415. The van der Waals surface area contributed by atoms with Crippen LogP contribution in [-0.2, 0) is 16.1 Å². The van der Waals surface area contributed by atoms with Gasteiger partial charge in [0.15, 0.2) is 0 Å². The molecule has 0 aliphatic carbocycles. The molecule has 0 bridgehead atoms. The predicted octanol–water partition coefficient (Wildman–Crippen LogP) is 3.89. The average Bonchev–Trinajstić information content (AvgIpc) is 3.13. The molecule has 3 rings (SSSR count). The monoisotopic (exact) mass is 385 g/mol. The van der Waals surface area contributed by atoms with Crippen LogP contribution in [0.4, 0.5) is 11.4 Å². The third-order valence-corrected chi connectivity index (χ3v) is 5.15. The number of carbonyl (C=O) groups is 2. The van der Waals surface area contributed by atoms with Crippen molar-refractivity contribution in [3.8, 4) is 0 Å². The number of nitrogens with zero attached hydrogens (tertiary/aromatic N) is 2. The van der Waals surface area contributed by atoms with Crippen LogP contribution in [0.3, 0.4) is 0 Å². The second-order valence-corrected chi connectivity index (χ2v) is 7.72. The Morgan fingerprint density at radius 2 is 1.89 bits per heavy atom. The van der Waals surface area contributed by atoms with Crippen molar-refractivity contribution in [3.63, 3.8) is 0 Å². The Morgan fingerprint density at radius 1 is 1.19 bits per heavy atom. The van der Waals surface area contributed by atoms with Crippen LogP contribution in [0.1, 0.15) is 22.3 Å². The van der Waals surface area contributed by atoms with Crippen molar-refractivity contribution in [1.29, 1.82) is 0 Å². The van der Waals surface area contributed by atoms with Gasteiger partial charge >= 0.3 is 5.97 Å². The first-order chi connectivity index (χ1) is 12.9. The molecule has 27 heavy (non-hydrogen) atoms. The molecule has 0 unspecified atom stereocenters. The number of hydrogen-bond acceptors (Lipinski definition) is 5. The molecule has 0 spiro atoms. The van der Waals surface area contributed by atoms with E-state index in [1.165, 1.54) is 0 Å². The predicted molar refractivity (Wildman–Crippen MR) is 110 cm³/mol. The van der Waals surface area contributed by atoms with Crippen LogP contribution in [-0.4, -0.2) is 37.1 Å². The molecule has 2 aromatic heterocycles. The fraction of sp³-hybridized carbons (Fsp3) is 0.300. The Morgan fingerprint density at radius 3 is 2.52 bits per heavy atom. The molecule has 0 saturated carbocycles. The molecule has 6 nitrogen and oxygen atoms in total. The van der Waals surface area contributed by atoms with E-state index in [2.05, 4.69) is 5.32 Å². The number of nitrogens with one attached hydrogen (secondary N) is 1. The number of carbonyl (C=O) groups excluding carboxylic acids is 2. The van der Waals surface area contributed by atoms with E-state index in [9.17, 15) is 9.59 Å². The molecule has 7 heteroatoms. The van der Waals surface area contributed by atoms with E-state index in [1.54, 1.807) is 28.9 Å². The van der Waals surface area contributed by atoms with E-state index in [1.807, 2.05) is 56.3 Å². The van der Waals surface area contributed by atoms with Crippen molar-refractivity contribution in [2.75, 3.05) is 30.9 Å². The van der Waals surface area contributed by atoms with Gasteiger partial charge in [-0.3, -0.25) is 4.79 Å². The number of aryl methyl sites for hydroxylation is 1. The summed E-state index contributed by atoms with van der Waals surface area (Å²) in [6.45, 7) is 4.11. The van der Waals surface area contributed by atoms with Crippen molar-refractivity contribution in [3.05, 3.63) is 47.0 Å². The fourth-order valence-electron chi connectivity index (χ4n) is 2.90. The van der Waals surface area contributed by atoms with Crippen LogP contribution < -0.4 is 10.2 Å². The zero-order valence-corrected chi connectivity index (χ0v) is 16.7. The van der Waals surface area contributed by atoms with E-state index >= 15 is 0 Å². The Kier molecular flexibility index (Phi) is 5.51. The van der Waals surface area contributed by atoms with Crippen LogP contribution in [0.5, 0.6) is 0 Å². The Bertz CT molecular complexity index is 970. The summed E-state index contributed by atoms with van der Waals surface area (Å²) in [4.78, 5) is 28.0. The zero-order chi connectivity index (χ0) is 19.6. The highest BCUT2D eigenvalue weighted by atomic mass is 32.1. The molecule has 1 N–H and O–H groups in total. The first kappa shape index (κ1) is 19.0. The highest BCUT2D eigenvalue weighted by Gasteiger charge is 2.20. The fourth-order valence-corrected chi connectivity index (χ4v) is 3.86.